The second-order valence-electron chi connectivity index (χ2n) is 4.76. The van der Waals surface area contributed by atoms with Crippen LogP contribution in [0.3, 0.4) is 0 Å². The molecule has 0 radical (unpaired) electrons. The van der Waals surface area contributed by atoms with Crippen molar-refractivity contribution in [2.45, 2.75) is 38.0 Å². The van der Waals surface area contributed by atoms with Crippen LogP contribution in [0, 0.1) is 0 Å². The van der Waals surface area contributed by atoms with Crippen LogP contribution in [-0.2, 0) is 4.74 Å². The van der Waals surface area contributed by atoms with Crippen LogP contribution in [0.5, 0.6) is 0 Å². The molecule has 0 N–H and O–H groups in total. The van der Waals surface area contributed by atoms with Gasteiger partial charge in [-0.15, -0.1) is 0 Å². The number of ether oxygens (including phenoxy) is 1. The minimum Gasteiger partial charge on any atom is -0.498 e. The van der Waals surface area contributed by atoms with Gasteiger partial charge >= 0.3 is 0 Å². The third-order valence-electron chi connectivity index (χ3n) is 3.74. The van der Waals surface area contributed by atoms with Crippen molar-refractivity contribution < 1.29 is 4.74 Å². The molecule has 0 fully saturated rings. The molecule has 1 atom stereocenters. The Morgan fingerprint density at radius 3 is 2.75 bits per heavy atom. The minimum absolute atomic E-state index is 0.630. The van der Waals surface area contributed by atoms with Crippen LogP contribution in [-0.4, -0.2) is 6.61 Å². The molecule has 1 aromatic rings. The SMILES string of the molecule is c1ccc([C@@H]2CCCC3=C2CCCO3)cc1. The quantitative estimate of drug-likeness (QED) is 0.686. The molecule has 0 spiro atoms. The van der Waals surface area contributed by atoms with Gasteiger partial charge in [-0.25, -0.2) is 0 Å². The molecule has 2 aliphatic rings. The second-order valence-corrected chi connectivity index (χ2v) is 4.76. The third kappa shape index (κ3) is 1.75. The summed E-state index contributed by atoms with van der Waals surface area (Å²) in [6.45, 7) is 0.931. The van der Waals surface area contributed by atoms with Crippen molar-refractivity contribution >= 4 is 0 Å². The number of hydrogen-bond donors (Lipinski definition) is 0. The Morgan fingerprint density at radius 1 is 1.00 bits per heavy atom. The number of hydrogen-bond acceptors (Lipinski definition) is 1. The van der Waals surface area contributed by atoms with Gasteiger partial charge in [0.1, 0.15) is 0 Å². The summed E-state index contributed by atoms with van der Waals surface area (Å²) in [6, 6.07) is 10.9. The zero-order chi connectivity index (χ0) is 10.8. The maximum atomic E-state index is 5.81. The normalized spacial score (nSPS) is 24.9. The highest BCUT2D eigenvalue weighted by Gasteiger charge is 2.27. The summed E-state index contributed by atoms with van der Waals surface area (Å²) in [7, 11) is 0. The monoisotopic (exact) mass is 214 g/mol. The minimum atomic E-state index is 0.630. The second kappa shape index (κ2) is 4.32. The van der Waals surface area contributed by atoms with Gasteiger partial charge in [0.15, 0.2) is 0 Å². The molecule has 0 amide bonds. The summed E-state index contributed by atoms with van der Waals surface area (Å²) in [5.41, 5.74) is 3.06. The fourth-order valence-corrected chi connectivity index (χ4v) is 2.99. The van der Waals surface area contributed by atoms with Crippen molar-refractivity contribution in [3.8, 4) is 0 Å². The summed E-state index contributed by atoms with van der Waals surface area (Å²) in [5, 5.41) is 0. The van der Waals surface area contributed by atoms with E-state index in [0.717, 1.165) is 6.61 Å². The molecule has 1 aromatic carbocycles. The van der Waals surface area contributed by atoms with Crippen LogP contribution in [0.25, 0.3) is 0 Å². The van der Waals surface area contributed by atoms with Gasteiger partial charge < -0.3 is 4.74 Å². The van der Waals surface area contributed by atoms with Crippen LogP contribution in [0.4, 0.5) is 0 Å². The molecular weight excluding hydrogens is 196 g/mol. The first-order chi connectivity index (χ1) is 7.95. The highest BCUT2D eigenvalue weighted by Crippen LogP contribution is 2.41. The lowest BCUT2D eigenvalue weighted by molar-refractivity contribution is 0.164. The van der Waals surface area contributed by atoms with E-state index in [0.29, 0.717) is 5.92 Å². The maximum Gasteiger partial charge on any atom is 0.0957 e. The van der Waals surface area contributed by atoms with E-state index in [2.05, 4.69) is 30.3 Å². The van der Waals surface area contributed by atoms with Crippen molar-refractivity contribution in [3.05, 3.63) is 47.2 Å². The molecule has 0 aromatic heterocycles. The Balaban J connectivity index is 1.95. The summed E-state index contributed by atoms with van der Waals surface area (Å²) >= 11 is 0. The first-order valence-electron chi connectivity index (χ1n) is 6.35. The molecule has 3 rings (SSSR count). The topological polar surface area (TPSA) is 9.23 Å². The van der Waals surface area contributed by atoms with Gasteiger partial charge in [0.25, 0.3) is 0 Å². The first kappa shape index (κ1) is 9.95. The molecular formula is C15H18O. The van der Waals surface area contributed by atoms with E-state index in [-0.39, 0.29) is 0 Å². The van der Waals surface area contributed by atoms with E-state index in [1.165, 1.54) is 43.4 Å². The van der Waals surface area contributed by atoms with Crippen LogP contribution in [0.1, 0.15) is 43.6 Å². The standard InChI is InChI=1S/C15H18O/c1-2-6-12(7-3-1)13-8-4-10-15-14(13)9-5-11-16-15/h1-3,6-7,13H,4-5,8-11H2/t13-/m0/s1. The fraction of sp³-hybridized carbons (Fsp3) is 0.467. The molecule has 0 unspecified atom stereocenters. The zero-order valence-electron chi connectivity index (χ0n) is 9.61. The summed E-state index contributed by atoms with van der Waals surface area (Å²) in [4.78, 5) is 0. The Kier molecular flexibility index (Phi) is 2.69. The molecule has 1 heteroatoms. The molecule has 1 nitrogen and oxygen atoms in total. The summed E-state index contributed by atoms with van der Waals surface area (Å²) < 4.78 is 5.81. The van der Waals surface area contributed by atoms with Crippen LogP contribution < -0.4 is 0 Å². The molecule has 84 valence electrons. The Morgan fingerprint density at radius 2 is 1.88 bits per heavy atom. The fourth-order valence-electron chi connectivity index (χ4n) is 2.99. The average Bonchev–Trinajstić information content (AvgIpc) is 2.39. The molecule has 16 heavy (non-hydrogen) atoms. The van der Waals surface area contributed by atoms with Gasteiger partial charge in [0, 0.05) is 12.3 Å². The highest BCUT2D eigenvalue weighted by atomic mass is 16.5. The van der Waals surface area contributed by atoms with E-state index in [4.69, 9.17) is 4.74 Å². The van der Waals surface area contributed by atoms with Gasteiger partial charge in [0.2, 0.25) is 0 Å². The van der Waals surface area contributed by atoms with Crippen LogP contribution in [0.15, 0.2) is 41.7 Å². The van der Waals surface area contributed by atoms with Crippen molar-refractivity contribution in [1.82, 2.24) is 0 Å². The first-order valence-corrected chi connectivity index (χ1v) is 6.35. The van der Waals surface area contributed by atoms with E-state index in [1.54, 1.807) is 5.57 Å². The van der Waals surface area contributed by atoms with E-state index >= 15 is 0 Å². The molecule has 1 heterocycles. The number of rotatable bonds is 1. The predicted molar refractivity (Wildman–Crippen MR) is 65.2 cm³/mol. The van der Waals surface area contributed by atoms with Gasteiger partial charge in [-0.1, -0.05) is 30.3 Å². The van der Waals surface area contributed by atoms with E-state index in [1.807, 2.05) is 0 Å². The highest BCUT2D eigenvalue weighted by molar-refractivity contribution is 5.32. The van der Waals surface area contributed by atoms with Crippen molar-refractivity contribution in [1.29, 1.82) is 0 Å². The van der Waals surface area contributed by atoms with E-state index in [9.17, 15) is 0 Å². The smallest absolute Gasteiger partial charge is 0.0957 e. The Hall–Kier alpha value is -1.24. The zero-order valence-corrected chi connectivity index (χ0v) is 9.61. The van der Waals surface area contributed by atoms with Gasteiger partial charge in [-0.2, -0.15) is 0 Å². The van der Waals surface area contributed by atoms with Gasteiger partial charge in [0.05, 0.1) is 12.4 Å². The number of benzene rings is 1. The van der Waals surface area contributed by atoms with Gasteiger partial charge in [-0.05, 0) is 36.8 Å². The maximum absolute atomic E-state index is 5.81. The molecule has 1 aliphatic carbocycles. The Labute approximate surface area is 97.1 Å². The van der Waals surface area contributed by atoms with Crippen molar-refractivity contribution in [3.63, 3.8) is 0 Å². The largest absolute Gasteiger partial charge is 0.498 e. The lowest BCUT2D eigenvalue weighted by atomic mass is 9.79. The van der Waals surface area contributed by atoms with Crippen molar-refractivity contribution in [2.75, 3.05) is 6.61 Å². The summed E-state index contributed by atoms with van der Waals surface area (Å²) in [5.74, 6) is 1.94. The molecule has 0 saturated carbocycles. The molecule has 0 saturated heterocycles. The molecule has 1 aliphatic heterocycles. The van der Waals surface area contributed by atoms with Crippen LogP contribution in [0.2, 0.25) is 0 Å². The Bertz CT molecular complexity index is 387. The summed E-state index contributed by atoms with van der Waals surface area (Å²) in [6.07, 6.45) is 6.18. The van der Waals surface area contributed by atoms with Gasteiger partial charge in [-0.3, -0.25) is 0 Å². The number of allylic oxidation sites excluding steroid dienone is 2. The lowest BCUT2D eigenvalue weighted by Crippen LogP contribution is -2.17. The van der Waals surface area contributed by atoms with E-state index < -0.39 is 0 Å². The third-order valence-corrected chi connectivity index (χ3v) is 3.74. The lowest BCUT2D eigenvalue weighted by Gasteiger charge is -2.32. The predicted octanol–water partition coefficient (Wildman–Crippen LogP) is 4.02. The van der Waals surface area contributed by atoms with Crippen molar-refractivity contribution in [2.24, 2.45) is 0 Å². The molecule has 0 bridgehead atoms. The average molecular weight is 214 g/mol. The van der Waals surface area contributed by atoms with Crippen LogP contribution >= 0.6 is 0 Å².